The van der Waals surface area contributed by atoms with Crippen LogP contribution >= 0.6 is 0 Å². The second-order valence-corrected chi connectivity index (χ2v) is 7.42. The summed E-state index contributed by atoms with van der Waals surface area (Å²) in [5.74, 6) is -0.274. The summed E-state index contributed by atoms with van der Waals surface area (Å²) in [6.07, 6.45) is 5.74. The Bertz CT molecular complexity index is 1190. The van der Waals surface area contributed by atoms with Gasteiger partial charge in [-0.05, 0) is 63.0 Å². The zero-order chi connectivity index (χ0) is 20.5. The molecule has 6 nitrogen and oxygen atoms in total. The van der Waals surface area contributed by atoms with Gasteiger partial charge in [-0.25, -0.2) is 9.78 Å². The number of hydrogen-bond donors (Lipinski definition) is 1. The van der Waals surface area contributed by atoms with Crippen molar-refractivity contribution in [1.29, 1.82) is 0 Å². The molecule has 0 spiro atoms. The van der Waals surface area contributed by atoms with Crippen LogP contribution in [0.5, 0.6) is 5.75 Å². The molecule has 6 heteroatoms. The molecule has 1 aliphatic carbocycles. The number of ether oxygens (including phenoxy) is 1. The van der Waals surface area contributed by atoms with E-state index < -0.39 is 5.97 Å². The van der Waals surface area contributed by atoms with E-state index in [0.29, 0.717) is 23.3 Å². The van der Waals surface area contributed by atoms with E-state index in [9.17, 15) is 14.7 Å². The van der Waals surface area contributed by atoms with Crippen LogP contribution in [-0.4, -0.2) is 26.6 Å². The number of carboxylic acids is 1. The quantitative estimate of drug-likeness (QED) is 0.727. The average molecular weight is 390 g/mol. The van der Waals surface area contributed by atoms with Gasteiger partial charge in [-0.15, -0.1) is 0 Å². The van der Waals surface area contributed by atoms with E-state index in [4.69, 9.17) is 9.72 Å². The highest BCUT2D eigenvalue weighted by Gasteiger charge is 2.21. The second-order valence-electron chi connectivity index (χ2n) is 7.42. The Morgan fingerprint density at radius 3 is 2.76 bits per heavy atom. The number of benzene rings is 1. The zero-order valence-corrected chi connectivity index (χ0v) is 16.4. The minimum atomic E-state index is -1.07. The molecule has 1 N–H and O–H groups in total. The summed E-state index contributed by atoms with van der Waals surface area (Å²) in [4.78, 5) is 29.0. The number of carbonyl (C=O) groups is 1. The summed E-state index contributed by atoms with van der Waals surface area (Å²) in [5, 5.41) is 9.21. The number of hydrogen-bond acceptors (Lipinski definition) is 4. The second kappa shape index (κ2) is 7.54. The molecule has 0 bridgehead atoms. The van der Waals surface area contributed by atoms with Crippen molar-refractivity contribution in [3.05, 3.63) is 75.3 Å². The van der Waals surface area contributed by atoms with Crippen LogP contribution in [0.3, 0.4) is 0 Å². The number of nitrogens with zero attached hydrogens (tertiary/aromatic N) is 2. The van der Waals surface area contributed by atoms with Gasteiger partial charge in [0.2, 0.25) is 0 Å². The van der Waals surface area contributed by atoms with Gasteiger partial charge in [0.15, 0.2) is 0 Å². The number of para-hydroxylation sites is 1. The molecule has 0 atom stereocenters. The molecule has 0 radical (unpaired) electrons. The lowest BCUT2D eigenvalue weighted by Crippen LogP contribution is -2.25. The first-order valence-electron chi connectivity index (χ1n) is 9.69. The molecule has 0 unspecified atom stereocenters. The maximum atomic E-state index is 13.0. The highest BCUT2D eigenvalue weighted by Crippen LogP contribution is 2.32. The number of aromatic carboxylic acids is 1. The van der Waals surface area contributed by atoms with E-state index in [-0.39, 0.29) is 17.2 Å². The molecule has 3 aromatic rings. The maximum absolute atomic E-state index is 13.0. The third-order valence-electron chi connectivity index (χ3n) is 4.95. The number of rotatable bonds is 4. The van der Waals surface area contributed by atoms with Gasteiger partial charge in [0.1, 0.15) is 11.4 Å². The van der Waals surface area contributed by atoms with E-state index in [1.807, 2.05) is 44.2 Å². The molecule has 0 saturated carbocycles. The van der Waals surface area contributed by atoms with Crippen molar-refractivity contribution in [2.75, 3.05) is 0 Å². The average Bonchev–Trinajstić information content (AvgIpc) is 2.69. The van der Waals surface area contributed by atoms with Gasteiger partial charge in [0.05, 0.1) is 17.4 Å². The Kier molecular flexibility index (Phi) is 4.92. The topological polar surface area (TPSA) is 80.9 Å². The van der Waals surface area contributed by atoms with Crippen LogP contribution in [0.15, 0.2) is 47.4 Å². The SMILES string of the molecule is CC(C)Oc1ccccc1/C=C1\CCCc2c1nc1ccc(C(=O)O)cn1c2=O. The highest BCUT2D eigenvalue weighted by molar-refractivity contribution is 5.88. The van der Waals surface area contributed by atoms with Crippen molar-refractivity contribution in [2.45, 2.75) is 39.2 Å². The standard InChI is InChI=1S/C23H22N2O4/c1-14(2)29-19-9-4-3-6-15(19)12-16-7-5-8-18-21(16)24-20-11-10-17(23(27)28)13-25(20)22(18)26/h3-4,6,9-14H,5,7-8H2,1-2H3,(H,27,28)/b16-12+. The third kappa shape index (κ3) is 3.66. The minimum absolute atomic E-state index is 0.0586. The van der Waals surface area contributed by atoms with E-state index in [2.05, 4.69) is 0 Å². The molecule has 0 aliphatic heterocycles. The molecule has 0 fully saturated rings. The van der Waals surface area contributed by atoms with Crippen molar-refractivity contribution in [1.82, 2.24) is 9.38 Å². The molecule has 2 aromatic heterocycles. The first kappa shape index (κ1) is 18.9. The third-order valence-corrected chi connectivity index (χ3v) is 4.95. The first-order chi connectivity index (χ1) is 13.9. The molecule has 148 valence electrons. The predicted octanol–water partition coefficient (Wildman–Crippen LogP) is 4.06. The molecule has 4 rings (SSSR count). The van der Waals surface area contributed by atoms with Crippen molar-refractivity contribution >= 4 is 23.3 Å². The normalized spacial score (nSPS) is 14.9. The lowest BCUT2D eigenvalue weighted by Gasteiger charge is -2.19. The fourth-order valence-electron chi connectivity index (χ4n) is 3.66. The first-order valence-corrected chi connectivity index (χ1v) is 9.69. The predicted molar refractivity (Wildman–Crippen MR) is 111 cm³/mol. The van der Waals surface area contributed by atoms with Crippen molar-refractivity contribution in [2.24, 2.45) is 0 Å². The largest absolute Gasteiger partial charge is 0.490 e. The van der Waals surface area contributed by atoms with Crippen LogP contribution in [0.25, 0.3) is 17.3 Å². The maximum Gasteiger partial charge on any atom is 0.337 e. The molecule has 0 saturated heterocycles. The van der Waals surface area contributed by atoms with Crippen LogP contribution in [0.4, 0.5) is 0 Å². The van der Waals surface area contributed by atoms with Gasteiger partial charge in [0, 0.05) is 17.3 Å². The Hall–Kier alpha value is -3.41. The van der Waals surface area contributed by atoms with E-state index in [1.165, 1.54) is 16.7 Å². The number of carboxylic acid groups (broad SMARTS) is 1. The van der Waals surface area contributed by atoms with Crippen LogP contribution in [-0.2, 0) is 6.42 Å². The van der Waals surface area contributed by atoms with Crippen molar-refractivity contribution in [3.8, 4) is 5.75 Å². The Morgan fingerprint density at radius 2 is 2.00 bits per heavy atom. The Labute approximate surface area is 168 Å². The van der Waals surface area contributed by atoms with Crippen molar-refractivity contribution < 1.29 is 14.6 Å². The summed E-state index contributed by atoms with van der Waals surface area (Å²) in [6.45, 7) is 3.97. The van der Waals surface area contributed by atoms with E-state index >= 15 is 0 Å². The van der Waals surface area contributed by atoms with Crippen LogP contribution in [0.2, 0.25) is 0 Å². The molecule has 2 heterocycles. The van der Waals surface area contributed by atoms with Crippen LogP contribution < -0.4 is 10.3 Å². The van der Waals surface area contributed by atoms with Gasteiger partial charge in [0.25, 0.3) is 5.56 Å². The number of fused-ring (bicyclic) bond motifs is 2. The van der Waals surface area contributed by atoms with Crippen LogP contribution in [0, 0.1) is 0 Å². The smallest absolute Gasteiger partial charge is 0.337 e. The fraction of sp³-hybridized carbons (Fsp3) is 0.261. The monoisotopic (exact) mass is 390 g/mol. The summed E-state index contributed by atoms with van der Waals surface area (Å²) in [6, 6.07) is 10.9. The fourth-order valence-corrected chi connectivity index (χ4v) is 3.66. The highest BCUT2D eigenvalue weighted by atomic mass is 16.5. The zero-order valence-electron chi connectivity index (χ0n) is 16.4. The summed E-state index contributed by atoms with van der Waals surface area (Å²) in [7, 11) is 0. The number of allylic oxidation sites excluding steroid dienone is 1. The van der Waals surface area contributed by atoms with Crippen LogP contribution in [0.1, 0.15) is 53.9 Å². The van der Waals surface area contributed by atoms with Crippen molar-refractivity contribution in [3.63, 3.8) is 0 Å². The van der Waals surface area contributed by atoms with Gasteiger partial charge in [-0.1, -0.05) is 18.2 Å². The summed E-state index contributed by atoms with van der Waals surface area (Å²) < 4.78 is 7.25. The molecule has 29 heavy (non-hydrogen) atoms. The molecule has 0 amide bonds. The molecular formula is C23H22N2O4. The minimum Gasteiger partial charge on any atom is -0.490 e. The molecular weight excluding hydrogens is 368 g/mol. The van der Waals surface area contributed by atoms with Gasteiger partial charge in [-0.3, -0.25) is 9.20 Å². The van der Waals surface area contributed by atoms with Gasteiger partial charge < -0.3 is 9.84 Å². The van der Waals surface area contributed by atoms with E-state index in [1.54, 1.807) is 6.07 Å². The Morgan fingerprint density at radius 1 is 1.21 bits per heavy atom. The van der Waals surface area contributed by atoms with Gasteiger partial charge in [-0.2, -0.15) is 0 Å². The molecule has 1 aliphatic rings. The summed E-state index contributed by atoms with van der Waals surface area (Å²) >= 11 is 0. The number of aromatic nitrogens is 2. The summed E-state index contributed by atoms with van der Waals surface area (Å²) in [5.41, 5.74) is 3.57. The lowest BCUT2D eigenvalue weighted by atomic mass is 9.90. The number of pyridine rings is 1. The lowest BCUT2D eigenvalue weighted by molar-refractivity contribution is 0.0696. The van der Waals surface area contributed by atoms with E-state index in [0.717, 1.165) is 29.7 Å². The Balaban J connectivity index is 1.86. The molecule has 1 aromatic carbocycles. The van der Waals surface area contributed by atoms with Gasteiger partial charge >= 0.3 is 5.97 Å².